The van der Waals surface area contributed by atoms with Gasteiger partial charge in [0.15, 0.2) is 0 Å². The number of hydrogen-bond acceptors (Lipinski definition) is 2. The normalized spacial score (nSPS) is 27.8. The van der Waals surface area contributed by atoms with Gasteiger partial charge in [-0.1, -0.05) is 31.2 Å². The minimum absolute atomic E-state index is 0.0663. The van der Waals surface area contributed by atoms with Gasteiger partial charge in [-0.3, -0.25) is 0 Å². The Morgan fingerprint density at radius 3 is 2.76 bits per heavy atom. The number of nitrogens with two attached hydrogens (primary N) is 1. The summed E-state index contributed by atoms with van der Waals surface area (Å²) in [4.78, 5) is 4.12. The fourth-order valence-electron chi connectivity index (χ4n) is 2.88. The van der Waals surface area contributed by atoms with Crippen molar-refractivity contribution >= 4 is 0 Å². The Bertz CT molecular complexity index is 504. The van der Waals surface area contributed by atoms with E-state index in [9.17, 15) is 0 Å². The van der Waals surface area contributed by atoms with Crippen molar-refractivity contribution in [3.8, 4) is 0 Å². The zero-order chi connectivity index (χ0) is 11.8. The number of rotatable bonds is 1. The van der Waals surface area contributed by atoms with Crippen molar-refractivity contribution in [3.05, 3.63) is 54.1 Å². The summed E-state index contributed by atoms with van der Waals surface area (Å²) < 4.78 is 2.14. The molecule has 0 amide bonds. The van der Waals surface area contributed by atoms with Crippen LogP contribution < -0.4 is 5.73 Å². The van der Waals surface area contributed by atoms with Crippen LogP contribution in [0, 0.1) is 0 Å². The Hall–Kier alpha value is -1.61. The molecule has 1 aliphatic rings. The Morgan fingerprint density at radius 2 is 2.06 bits per heavy atom. The third-order valence-corrected chi connectivity index (χ3v) is 3.80. The maximum absolute atomic E-state index is 6.40. The van der Waals surface area contributed by atoms with Crippen LogP contribution in [0.25, 0.3) is 0 Å². The lowest BCUT2D eigenvalue weighted by atomic mass is 9.78. The fourth-order valence-corrected chi connectivity index (χ4v) is 2.88. The first-order chi connectivity index (χ1) is 8.27. The van der Waals surface area contributed by atoms with Crippen molar-refractivity contribution in [1.29, 1.82) is 0 Å². The summed E-state index contributed by atoms with van der Waals surface area (Å²) in [6, 6.07) is 8.91. The van der Waals surface area contributed by atoms with Gasteiger partial charge in [-0.15, -0.1) is 0 Å². The second kappa shape index (κ2) is 4.00. The number of fused-ring (bicyclic) bond motifs is 1. The summed E-state index contributed by atoms with van der Waals surface area (Å²) in [6.07, 6.45) is 6.77. The first-order valence-electron chi connectivity index (χ1n) is 6.09. The molecule has 2 aromatic rings. The minimum Gasteiger partial charge on any atom is -0.333 e. The third-order valence-electron chi connectivity index (χ3n) is 3.80. The van der Waals surface area contributed by atoms with Crippen molar-refractivity contribution in [1.82, 2.24) is 9.55 Å². The van der Waals surface area contributed by atoms with Gasteiger partial charge in [-0.2, -0.15) is 0 Å². The van der Waals surface area contributed by atoms with Gasteiger partial charge >= 0.3 is 0 Å². The predicted octanol–water partition coefficient (Wildman–Crippen LogP) is 2.63. The highest BCUT2D eigenvalue weighted by Crippen LogP contribution is 2.41. The molecule has 0 saturated heterocycles. The van der Waals surface area contributed by atoms with Crippen molar-refractivity contribution < 1.29 is 0 Å². The first kappa shape index (κ1) is 10.5. The molecule has 17 heavy (non-hydrogen) atoms. The molecule has 88 valence electrons. The maximum atomic E-state index is 6.40. The second-order valence-electron chi connectivity index (χ2n) is 4.87. The lowest BCUT2D eigenvalue weighted by Crippen LogP contribution is -2.30. The van der Waals surface area contributed by atoms with Crippen LogP contribution in [0.15, 0.2) is 43.0 Å². The van der Waals surface area contributed by atoms with Gasteiger partial charge in [-0.25, -0.2) is 4.98 Å². The van der Waals surface area contributed by atoms with Crippen LogP contribution in [0.3, 0.4) is 0 Å². The molecule has 1 heterocycles. The quantitative estimate of drug-likeness (QED) is 0.814. The van der Waals surface area contributed by atoms with Crippen molar-refractivity contribution in [2.75, 3.05) is 0 Å². The molecule has 0 saturated carbocycles. The zero-order valence-electron chi connectivity index (χ0n) is 9.95. The summed E-state index contributed by atoms with van der Waals surface area (Å²) in [5, 5.41) is 0. The minimum atomic E-state index is 0.0663. The highest BCUT2D eigenvalue weighted by Gasteiger charge is 2.31. The lowest BCUT2D eigenvalue weighted by molar-refractivity contribution is 0.343. The second-order valence-corrected chi connectivity index (χ2v) is 4.87. The monoisotopic (exact) mass is 227 g/mol. The molecule has 0 fully saturated rings. The topological polar surface area (TPSA) is 43.8 Å². The van der Waals surface area contributed by atoms with Crippen LogP contribution in [-0.2, 0) is 0 Å². The largest absolute Gasteiger partial charge is 0.333 e. The molecule has 3 atom stereocenters. The van der Waals surface area contributed by atoms with E-state index in [-0.39, 0.29) is 6.04 Å². The number of aromatic nitrogens is 2. The van der Waals surface area contributed by atoms with E-state index in [4.69, 9.17) is 5.73 Å². The Balaban J connectivity index is 2.03. The lowest BCUT2D eigenvalue weighted by Gasteiger charge is -2.35. The average Bonchev–Trinajstić information content (AvgIpc) is 2.87. The molecule has 3 heteroatoms. The molecule has 0 spiro atoms. The van der Waals surface area contributed by atoms with Gasteiger partial charge in [0.1, 0.15) is 0 Å². The highest BCUT2D eigenvalue weighted by molar-refractivity contribution is 5.36. The number of benzene rings is 1. The number of imidazole rings is 1. The molecule has 3 nitrogen and oxygen atoms in total. The van der Waals surface area contributed by atoms with Crippen molar-refractivity contribution in [2.45, 2.75) is 31.3 Å². The van der Waals surface area contributed by atoms with Crippen LogP contribution in [0.2, 0.25) is 0 Å². The molecule has 0 bridgehead atoms. The van der Waals surface area contributed by atoms with Gasteiger partial charge < -0.3 is 10.3 Å². The van der Waals surface area contributed by atoms with Crippen LogP contribution >= 0.6 is 0 Å². The van der Waals surface area contributed by atoms with E-state index < -0.39 is 0 Å². The van der Waals surface area contributed by atoms with E-state index >= 15 is 0 Å². The molecule has 1 aromatic carbocycles. The van der Waals surface area contributed by atoms with Gasteiger partial charge in [0.05, 0.1) is 18.4 Å². The summed E-state index contributed by atoms with van der Waals surface area (Å²) in [5.41, 5.74) is 9.08. The van der Waals surface area contributed by atoms with E-state index in [1.165, 1.54) is 11.1 Å². The van der Waals surface area contributed by atoms with Crippen LogP contribution in [-0.4, -0.2) is 9.55 Å². The summed E-state index contributed by atoms with van der Waals surface area (Å²) >= 11 is 0. The van der Waals surface area contributed by atoms with E-state index in [1.807, 2.05) is 18.7 Å². The third kappa shape index (κ3) is 1.67. The van der Waals surface area contributed by atoms with Crippen LogP contribution in [0.1, 0.15) is 42.5 Å². The molecule has 0 aliphatic heterocycles. The molecule has 3 rings (SSSR count). The number of hydrogen-bond donors (Lipinski definition) is 1. The van der Waals surface area contributed by atoms with E-state index in [2.05, 4.69) is 40.7 Å². The van der Waals surface area contributed by atoms with E-state index in [0.29, 0.717) is 12.0 Å². The van der Waals surface area contributed by atoms with Gasteiger partial charge in [0.25, 0.3) is 0 Å². The molecule has 1 aromatic heterocycles. The predicted molar refractivity (Wildman–Crippen MR) is 67.7 cm³/mol. The zero-order valence-corrected chi connectivity index (χ0v) is 9.95. The van der Waals surface area contributed by atoms with Crippen molar-refractivity contribution in [3.63, 3.8) is 0 Å². The smallest absolute Gasteiger partial charge is 0.0949 e. The number of nitrogens with zero attached hydrogens (tertiary/aromatic N) is 2. The molecule has 3 unspecified atom stereocenters. The average molecular weight is 227 g/mol. The van der Waals surface area contributed by atoms with Crippen molar-refractivity contribution in [2.24, 2.45) is 5.73 Å². The fraction of sp³-hybridized carbons (Fsp3) is 0.357. The Morgan fingerprint density at radius 1 is 1.29 bits per heavy atom. The van der Waals surface area contributed by atoms with Crippen LogP contribution in [0.5, 0.6) is 0 Å². The SMILES string of the molecule is CC1CC(n2ccnc2)C(N)c2ccccc21. The molecule has 0 radical (unpaired) electrons. The molecular weight excluding hydrogens is 210 g/mol. The summed E-state index contributed by atoms with van der Waals surface area (Å²) in [5.74, 6) is 0.554. The van der Waals surface area contributed by atoms with E-state index in [1.54, 1.807) is 0 Å². The Kier molecular flexibility index (Phi) is 2.48. The van der Waals surface area contributed by atoms with Gasteiger partial charge in [0.2, 0.25) is 0 Å². The van der Waals surface area contributed by atoms with Gasteiger partial charge in [0, 0.05) is 12.4 Å². The highest BCUT2D eigenvalue weighted by atomic mass is 15.1. The molecule has 2 N–H and O–H groups in total. The van der Waals surface area contributed by atoms with Gasteiger partial charge in [-0.05, 0) is 23.5 Å². The van der Waals surface area contributed by atoms with E-state index in [0.717, 1.165) is 6.42 Å². The Labute approximate surface area is 101 Å². The maximum Gasteiger partial charge on any atom is 0.0949 e. The first-order valence-corrected chi connectivity index (χ1v) is 6.09. The summed E-state index contributed by atoms with van der Waals surface area (Å²) in [7, 11) is 0. The molecule has 1 aliphatic carbocycles. The summed E-state index contributed by atoms with van der Waals surface area (Å²) in [6.45, 7) is 2.27. The van der Waals surface area contributed by atoms with Crippen LogP contribution in [0.4, 0.5) is 0 Å². The standard InChI is InChI=1S/C14H17N3/c1-10-8-13(17-7-6-16-9-17)14(15)12-5-3-2-4-11(10)12/h2-7,9-10,13-14H,8,15H2,1H3. The molecular formula is C14H17N3.